The van der Waals surface area contributed by atoms with Crippen LogP contribution in [0.5, 0.6) is 0 Å². The van der Waals surface area contributed by atoms with Gasteiger partial charge in [-0.3, -0.25) is 4.79 Å². The first kappa shape index (κ1) is 16.8. The molecule has 0 aliphatic heterocycles. The van der Waals surface area contributed by atoms with Gasteiger partial charge in [0.1, 0.15) is 35.9 Å². The number of hydrogen-bond acceptors (Lipinski definition) is 7. The van der Waals surface area contributed by atoms with Crippen LogP contribution in [0.2, 0.25) is 0 Å². The van der Waals surface area contributed by atoms with Crippen molar-refractivity contribution in [2.75, 3.05) is 0 Å². The fourth-order valence-corrected chi connectivity index (χ4v) is 2.87. The summed E-state index contributed by atoms with van der Waals surface area (Å²) in [5, 5.41) is 49.5. The first-order valence-electron chi connectivity index (χ1n) is 7.52. The molecule has 0 unspecified atom stereocenters. The summed E-state index contributed by atoms with van der Waals surface area (Å²) in [5.74, 6) is -0.187. The second kappa shape index (κ2) is 6.46. The molecule has 24 heavy (non-hydrogen) atoms. The van der Waals surface area contributed by atoms with Crippen molar-refractivity contribution in [1.82, 2.24) is 0 Å². The molecule has 2 aromatic rings. The molecule has 0 amide bonds. The fraction of sp³-hybridized carbons (Fsp3) is 0.353. The third-order valence-corrected chi connectivity index (χ3v) is 4.20. The molecule has 5 N–H and O–H groups in total. The number of hydrogen-bond donors (Lipinski definition) is 5. The summed E-state index contributed by atoms with van der Waals surface area (Å²) in [6.45, 7) is 0. The van der Waals surface area contributed by atoms with Gasteiger partial charge < -0.3 is 29.9 Å². The molecule has 0 spiro atoms. The SMILES string of the molecule is O=c1cc(C[C@H](O)c2ccccc2)oc2c1[C@H](O)[C@@H](O)[C@H](O)[C@H]2O. The molecule has 7 heteroatoms. The van der Waals surface area contributed by atoms with Crippen molar-refractivity contribution >= 4 is 0 Å². The van der Waals surface area contributed by atoms with Gasteiger partial charge in [-0.05, 0) is 5.56 Å². The summed E-state index contributed by atoms with van der Waals surface area (Å²) in [6.07, 6.45) is -7.59. The van der Waals surface area contributed by atoms with Crippen molar-refractivity contribution in [3.05, 3.63) is 69.3 Å². The maximum absolute atomic E-state index is 12.2. The summed E-state index contributed by atoms with van der Waals surface area (Å²) in [5.41, 5.74) is -0.281. The van der Waals surface area contributed by atoms with E-state index in [1.54, 1.807) is 30.3 Å². The third-order valence-electron chi connectivity index (χ3n) is 4.20. The molecule has 7 nitrogen and oxygen atoms in total. The second-order valence-corrected chi connectivity index (χ2v) is 5.86. The molecule has 1 heterocycles. The molecular formula is C17H18O7. The Balaban J connectivity index is 1.95. The van der Waals surface area contributed by atoms with Crippen molar-refractivity contribution in [3.8, 4) is 0 Å². The van der Waals surface area contributed by atoms with Crippen molar-refractivity contribution < 1.29 is 29.9 Å². The molecule has 1 aliphatic rings. The lowest BCUT2D eigenvalue weighted by molar-refractivity contribution is -0.128. The summed E-state index contributed by atoms with van der Waals surface area (Å²) in [7, 11) is 0. The van der Waals surface area contributed by atoms with Gasteiger partial charge in [0.2, 0.25) is 0 Å². The Morgan fingerprint density at radius 3 is 2.29 bits per heavy atom. The lowest BCUT2D eigenvalue weighted by Crippen LogP contribution is -2.44. The highest BCUT2D eigenvalue weighted by molar-refractivity contribution is 5.30. The van der Waals surface area contributed by atoms with Gasteiger partial charge in [-0.1, -0.05) is 30.3 Å². The average Bonchev–Trinajstić information content (AvgIpc) is 2.58. The van der Waals surface area contributed by atoms with Crippen molar-refractivity contribution in [2.45, 2.75) is 36.9 Å². The zero-order chi connectivity index (χ0) is 17.4. The van der Waals surface area contributed by atoms with Crippen LogP contribution < -0.4 is 5.43 Å². The number of rotatable bonds is 3. The van der Waals surface area contributed by atoms with Gasteiger partial charge in [0.05, 0.1) is 11.7 Å². The van der Waals surface area contributed by atoms with E-state index >= 15 is 0 Å². The molecule has 1 aliphatic carbocycles. The topological polar surface area (TPSA) is 131 Å². The molecule has 1 aromatic heterocycles. The predicted molar refractivity (Wildman–Crippen MR) is 82.0 cm³/mol. The average molecular weight is 334 g/mol. The van der Waals surface area contributed by atoms with Crippen LogP contribution in [0.3, 0.4) is 0 Å². The summed E-state index contributed by atoms with van der Waals surface area (Å²) >= 11 is 0. The minimum Gasteiger partial charge on any atom is -0.462 e. The van der Waals surface area contributed by atoms with Crippen molar-refractivity contribution in [1.29, 1.82) is 0 Å². The first-order valence-corrected chi connectivity index (χ1v) is 7.52. The Morgan fingerprint density at radius 2 is 1.62 bits per heavy atom. The second-order valence-electron chi connectivity index (χ2n) is 5.86. The Hall–Kier alpha value is -2.03. The van der Waals surface area contributed by atoms with E-state index in [0.717, 1.165) is 6.07 Å². The predicted octanol–water partition coefficient (Wildman–Crippen LogP) is -0.282. The van der Waals surface area contributed by atoms with E-state index in [1.165, 1.54) is 0 Å². The maximum Gasteiger partial charge on any atom is 0.191 e. The van der Waals surface area contributed by atoms with Gasteiger partial charge in [0, 0.05) is 12.5 Å². The molecule has 0 fully saturated rings. The highest BCUT2D eigenvalue weighted by Crippen LogP contribution is 2.35. The maximum atomic E-state index is 12.2. The molecular weight excluding hydrogens is 316 g/mol. The molecule has 1 aromatic carbocycles. The van der Waals surface area contributed by atoms with Crippen LogP contribution in [0.4, 0.5) is 0 Å². The number of aliphatic hydroxyl groups excluding tert-OH is 5. The number of benzene rings is 1. The standard InChI is InChI=1S/C17H18O7/c18-10(8-4-2-1-3-5-8)6-9-7-11(19)12-13(20)14(21)15(22)16(23)17(12)24-9/h1-5,7,10,13-16,18,20-23H,6H2/t10-,13-,14+,15-,16+/m0/s1. The Kier molecular flexibility index (Phi) is 4.53. The molecule has 0 radical (unpaired) electrons. The number of aliphatic hydroxyl groups is 5. The van der Waals surface area contributed by atoms with Crippen LogP contribution in [0.1, 0.15) is 41.0 Å². The molecule has 3 rings (SSSR count). The number of fused-ring (bicyclic) bond motifs is 1. The highest BCUT2D eigenvalue weighted by Gasteiger charge is 2.43. The Morgan fingerprint density at radius 1 is 1.00 bits per heavy atom. The van der Waals surface area contributed by atoms with Gasteiger partial charge in [-0.25, -0.2) is 0 Å². The Bertz CT molecular complexity index is 770. The van der Waals surface area contributed by atoms with E-state index in [2.05, 4.69) is 0 Å². The van der Waals surface area contributed by atoms with Crippen LogP contribution in [0.25, 0.3) is 0 Å². The van der Waals surface area contributed by atoms with E-state index in [9.17, 15) is 30.3 Å². The first-order chi connectivity index (χ1) is 11.4. The smallest absolute Gasteiger partial charge is 0.191 e. The molecule has 0 saturated carbocycles. The van der Waals surface area contributed by atoms with E-state index in [4.69, 9.17) is 4.42 Å². The largest absolute Gasteiger partial charge is 0.462 e. The van der Waals surface area contributed by atoms with E-state index < -0.39 is 35.9 Å². The third kappa shape index (κ3) is 2.88. The van der Waals surface area contributed by atoms with Gasteiger partial charge >= 0.3 is 0 Å². The molecule has 128 valence electrons. The van der Waals surface area contributed by atoms with Crippen molar-refractivity contribution in [2.24, 2.45) is 0 Å². The normalized spacial score (nSPS) is 27.5. The van der Waals surface area contributed by atoms with Gasteiger partial charge in [0.25, 0.3) is 0 Å². The van der Waals surface area contributed by atoms with E-state index in [1.807, 2.05) is 0 Å². The van der Waals surface area contributed by atoms with Crippen LogP contribution >= 0.6 is 0 Å². The summed E-state index contributed by atoms with van der Waals surface area (Å²) in [6, 6.07) is 9.88. The zero-order valence-electron chi connectivity index (χ0n) is 12.6. The van der Waals surface area contributed by atoms with Crippen LogP contribution in [0, 0.1) is 0 Å². The summed E-state index contributed by atoms with van der Waals surface area (Å²) < 4.78 is 5.43. The lowest BCUT2D eigenvalue weighted by atomic mass is 9.87. The van der Waals surface area contributed by atoms with Gasteiger partial charge in [0.15, 0.2) is 5.43 Å². The zero-order valence-corrected chi connectivity index (χ0v) is 12.6. The van der Waals surface area contributed by atoms with Crippen LogP contribution in [-0.4, -0.2) is 37.7 Å². The van der Waals surface area contributed by atoms with Gasteiger partial charge in [-0.2, -0.15) is 0 Å². The lowest BCUT2D eigenvalue weighted by Gasteiger charge is -2.32. The van der Waals surface area contributed by atoms with Crippen molar-refractivity contribution in [3.63, 3.8) is 0 Å². The quantitative estimate of drug-likeness (QED) is 0.521. The van der Waals surface area contributed by atoms with Crippen LogP contribution in [-0.2, 0) is 6.42 Å². The molecule has 0 saturated heterocycles. The van der Waals surface area contributed by atoms with E-state index in [0.29, 0.717) is 5.56 Å². The van der Waals surface area contributed by atoms with Crippen LogP contribution in [0.15, 0.2) is 45.6 Å². The fourth-order valence-electron chi connectivity index (χ4n) is 2.87. The highest BCUT2D eigenvalue weighted by atomic mass is 16.4. The monoisotopic (exact) mass is 334 g/mol. The minimum atomic E-state index is -1.68. The minimum absolute atomic E-state index is 0.0198. The molecule has 0 bridgehead atoms. The molecule has 5 atom stereocenters. The van der Waals surface area contributed by atoms with Gasteiger partial charge in [-0.15, -0.1) is 0 Å². The summed E-state index contributed by atoms with van der Waals surface area (Å²) in [4.78, 5) is 12.2. The Labute approximate surface area is 137 Å². The van der Waals surface area contributed by atoms with E-state index in [-0.39, 0.29) is 23.5 Å².